The first kappa shape index (κ1) is 14.9. The van der Waals surface area contributed by atoms with Crippen LogP contribution in [0.15, 0.2) is 84.9 Å². The van der Waals surface area contributed by atoms with Crippen molar-refractivity contribution in [2.45, 2.75) is 0 Å². The zero-order valence-corrected chi connectivity index (χ0v) is 15.7. The molecule has 5 aromatic rings. The van der Waals surface area contributed by atoms with Crippen LogP contribution in [-0.2, 0) is 0 Å². The molecular formula is C22H14BrNS. The number of benzene rings is 4. The molecule has 0 saturated carbocycles. The van der Waals surface area contributed by atoms with E-state index in [1.165, 1.54) is 30.9 Å². The number of nitrogens with zero attached hydrogens (tertiary/aromatic N) is 1. The summed E-state index contributed by atoms with van der Waals surface area (Å²) in [5.41, 5.74) is 2.25. The molecule has 0 atom stereocenters. The number of hydrogen-bond donors (Lipinski definition) is 0. The first-order valence-electron chi connectivity index (χ1n) is 8.16. The van der Waals surface area contributed by atoms with E-state index in [0.29, 0.717) is 0 Å². The minimum Gasteiger partial charge on any atom is -0.277 e. The molecule has 0 fully saturated rings. The van der Waals surface area contributed by atoms with Gasteiger partial charge in [0.25, 0.3) is 0 Å². The van der Waals surface area contributed by atoms with Crippen LogP contribution in [0.2, 0.25) is 0 Å². The van der Waals surface area contributed by atoms with Crippen LogP contribution in [0.25, 0.3) is 30.9 Å². The molecule has 0 aliphatic carbocycles. The van der Waals surface area contributed by atoms with E-state index in [1.54, 1.807) is 0 Å². The Kier molecular flexibility index (Phi) is 3.51. The van der Waals surface area contributed by atoms with Gasteiger partial charge in [0, 0.05) is 20.2 Å². The summed E-state index contributed by atoms with van der Waals surface area (Å²) in [6.45, 7) is 0. The van der Waals surface area contributed by atoms with Gasteiger partial charge in [0.1, 0.15) is 0 Å². The Balaban J connectivity index is 1.64. The molecule has 0 spiro atoms. The molecule has 0 saturated heterocycles. The quantitative estimate of drug-likeness (QED) is 0.273. The van der Waals surface area contributed by atoms with Crippen molar-refractivity contribution in [1.82, 2.24) is 0 Å². The average Bonchev–Trinajstić information content (AvgIpc) is 3.05. The third kappa shape index (κ3) is 2.51. The van der Waals surface area contributed by atoms with Gasteiger partial charge < -0.3 is 0 Å². The zero-order valence-electron chi connectivity index (χ0n) is 13.3. The predicted octanol–water partition coefficient (Wildman–Crippen LogP) is 7.66. The van der Waals surface area contributed by atoms with E-state index in [4.69, 9.17) is 0 Å². The lowest BCUT2D eigenvalue weighted by Crippen LogP contribution is -2.00. The van der Waals surface area contributed by atoms with Gasteiger partial charge in [0.15, 0.2) is 0 Å². The highest BCUT2D eigenvalue weighted by Crippen LogP contribution is 2.38. The first-order chi connectivity index (χ1) is 12.3. The Bertz CT molecular complexity index is 1220. The van der Waals surface area contributed by atoms with Crippen LogP contribution in [-0.4, -0.2) is 0 Å². The Morgan fingerprint density at radius 3 is 2.20 bits per heavy atom. The number of thiophene rings is 1. The molecule has 0 aliphatic rings. The summed E-state index contributed by atoms with van der Waals surface area (Å²) in [6.07, 6.45) is 0. The molecule has 0 bridgehead atoms. The summed E-state index contributed by atoms with van der Waals surface area (Å²) < 4.78 is 4.73. The minimum atomic E-state index is 1.12. The van der Waals surface area contributed by atoms with Gasteiger partial charge in [-0.05, 0) is 47.2 Å². The molecule has 3 heteroatoms. The smallest absolute Gasteiger partial charge is 0.0551 e. The maximum atomic E-state index is 3.75. The zero-order chi connectivity index (χ0) is 16.8. The monoisotopic (exact) mass is 403 g/mol. The van der Waals surface area contributed by atoms with Crippen molar-refractivity contribution in [2.24, 2.45) is 0 Å². The number of fused-ring (bicyclic) bond motifs is 4. The lowest BCUT2D eigenvalue weighted by Gasteiger charge is -2.17. The second kappa shape index (κ2) is 5.87. The fourth-order valence-electron chi connectivity index (χ4n) is 3.28. The van der Waals surface area contributed by atoms with E-state index in [1.807, 2.05) is 11.3 Å². The van der Waals surface area contributed by atoms with Crippen LogP contribution >= 0.6 is 27.5 Å². The number of halogens is 1. The summed E-state index contributed by atoms with van der Waals surface area (Å²) in [4.78, 5) is 0. The Morgan fingerprint density at radius 2 is 1.28 bits per heavy atom. The van der Waals surface area contributed by atoms with Gasteiger partial charge in [-0.1, -0.05) is 48.5 Å². The van der Waals surface area contributed by atoms with Crippen molar-refractivity contribution >= 4 is 69.8 Å². The van der Waals surface area contributed by atoms with Crippen LogP contribution < -0.4 is 3.93 Å². The number of hydrogen-bond acceptors (Lipinski definition) is 2. The van der Waals surface area contributed by atoms with Crippen LogP contribution in [0.4, 0.5) is 11.4 Å². The fraction of sp³-hybridized carbons (Fsp3) is 0. The summed E-state index contributed by atoms with van der Waals surface area (Å²) in [5, 5.41) is 5.13. The van der Waals surface area contributed by atoms with Gasteiger partial charge in [0.05, 0.1) is 27.5 Å². The van der Waals surface area contributed by atoms with E-state index >= 15 is 0 Å². The van der Waals surface area contributed by atoms with Crippen LogP contribution in [0.1, 0.15) is 0 Å². The Morgan fingerprint density at radius 1 is 0.600 bits per heavy atom. The molecule has 1 heterocycles. The lowest BCUT2D eigenvalue weighted by atomic mass is 10.1. The van der Waals surface area contributed by atoms with Gasteiger partial charge >= 0.3 is 0 Å². The highest BCUT2D eigenvalue weighted by atomic mass is 79.9. The summed E-state index contributed by atoms with van der Waals surface area (Å²) >= 11 is 5.60. The third-order valence-corrected chi connectivity index (χ3v) is 6.52. The average molecular weight is 404 g/mol. The fourth-order valence-corrected chi connectivity index (χ4v) is 4.81. The lowest BCUT2D eigenvalue weighted by molar-refractivity contribution is 1.48. The van der Waals surface area contributed by atoms with Crippen LogP contribution in [0.3, 0.4) is 0 Å². The van der Waals surface area contributed by atoms with Crippen LogP contribution in [0.5, 0.6) is 0 Å². The molecule has 4 aromatic carbocycles. The normalized spacial score (nSPS) is 11.4. The van der Waals surface area contributed by atoms with E-state index in [9.17, 15) is 0 Å². The molecule has 0 N–H and O–H groups in total. The van der Waals surface area contributed by atoms with Gasteiger partial charge in [0.2, 0.25) is 0 Å². The molecule has 1 aromatic heterocycles. The first-order valence-corrected chi connectivity index (χ1v) is 9.68. The largest absolute Gasteiger partial charge is 0.277 e. The van der Waals surface area contributed by atoms with E-state index in [2.05, 4.69) is 105 Å². The molecule has 0 amide bonds. The van der Waals surface area contributed by atoms with E-state index in [-0.39, 0.29) is 0 Å². The topological polar surface area (TPSA) is 3.24 Å². The van der Waals surface area contributed by atoms with Gasteiger partial charge in [-0.25, -0.2) is 0 Å². The molecule has 1 nitrogen and oxygen atoms in total. The third-order valence-electron chi connectivity index (χ3n) is 4.55. The number of anilines is 2. The predicted molar refractivity (Wildman–Crippen MR) is 114 cm³/mol. The summed E-state index contributed by atoms with van der Waals surface area (Å²) in [6, 6.07) is 30.2. The summed E-state index contributed by atoms with van der Waals surface area (Å²) in [5.74, 6) is 0. The molecule has 0 unspecified atom stereocenters. The number of rotatable bonds is 2. The maximum absolute atomic E-state index is 3.75. The molecule has 0 aliphatic heterocycles. The van der Waals surface area contributed by atoms with Crippen LogP contribution in [0, 0.1) is 0 Å². The Labute approximate surface area is 158 Å². The van der Waals surface area contributed by atoms with E-state index < -0.39 is 0 Å². The summed E-state index contributed by atoms with van der Waals surface area (Å²) in [7, 11) is 0. The molecule has 120 valence electrons. The van der Waals surface area contributed by atoms with Crippen molar-refractivity contribution in [3.8, 4) is 0 Å². The Hall–Kier alpha value is -2.36. The van der Waals surface area contributed by atoms with Crippen molar-refractivity contribution in [1.29, 1.82) is 0 Å². The second-order valence-corrected chi connectivity index (χ2v) is 7.88. The maximum Gasteiger partial charge on any atom is 0.0551 e. The minimum absolute atomic E-state index is 1.12. The molecule has 25 heavy (non-hydrogen) atoms. The van der Waals surface area contributed by atoms with Gasteiger partial charge in [-0.3, -0.25) is 3.93 Å². The van der Waals surface area contributed by atoms with Crippen molar-refractivity contribution < 1.29 is 0 Å². The SMILES string of the molecule is BrN(c1ccc2ccccc2c1)c1ccc2sc3ccccc3c2c1. The molecule has 5 rings (SSSR count). The highest BCUT2D eigenvalue weighted by molar-refractivity contribution is 9.10. The highest BCUT2D eigenvalue weighted by Gasteiger charge is 2.10. The molecular weight excluding hydrogens is 390 g/mol. The van der Waals surface area contributed by atoms with E-state index in [0.717, 1.165) is 11.4 Å². The standard InChI is InChI=1S/C22H14BrNS/c23-24(17-10-9-15-5-1-2-6-16(15)13-17)18-11-12-22-20(14-18)19-7-3-4-8-21(19)25-22/h1-14H. The second-order valence-electron chi connectivity index (χ2n) is 6.09. The molecule has 0 radical (unpaired) electrons. The van der Waals surface area contributed by atoms with Gasteiger partial charge in [-0.2, -0.15) is 0 Å². The van der Waals surface area contributed by atoms with Crippen molar-refractivity contribution in [2.75, 3.05) is 3.93 Å². The van der Waals surface area contributed by atoms with Gasteiger partial charge in [-0.15, -0.1) is 11.3 Å². The van der Waals surface area contributed by atoms with Crippen molar-refractivity contribution in [3.05, 3.63) is 84.9 Å². The van der Waals surface area contributed by atoms with Crippen molar-refractivity contribution in [3.63, 3.8) is 0 Å².